The maximum Gasteiger partial charge on any atom is 0.218 e. The van der Waals surface area contributed by atoms with E-state index in [-0.39, 0.29) is 10.7 Å². The molecule has 1 aromatic rings. The zero-order chi connectivity index (χ0) is 13.9. The molecule has 1 aliphatic heterocycles. The van der Waals surface area contributed by atoms with Crippen LogP contribution in [0.2, 0.25) is 0 Å². The maximum absolute atomic E-state index is 12.3. The molecule has 1 aromatic carbocycles. The molecule has 0 unspecified atom stereocenters. The minimum Gasteiger partial charge on any atom is -0.389 e. The summed E-state index contributed by atoms with van der Waals surface area (Å²) in [5.74, 6) is 0.0173. The SMILES string of the molecule is NC(=S)c1cccc(CS(=O)(=O)N2CCCCC2)c1. The van der Waals surface area contributed by atoms with E-state index in [2.05, 4.69) is 0 Å². The molecule has 2 N–H and O–H groups in total. The Bertz CT molecular complexity index is 564. The number of hydrogen-bond donors (Lipinski definition) is 1. The second-order valence-electron chi connectivity index (χ2n) is 4.78. The van der Waals surface area contributed by atoms with Gasteiger partial charge >= 0.3 is 0 Å². The number of sulfonamides is 1. The van der Waals surface area contributed by atoms with Crippen molar-refractivity contribution in [3.63, 3.8) is 0 Å². The van der Waals surface area contributed by atoms with Crippen LogP contribution in [0.25, 0.3) is 0 Å². The highest BCUT2D eigenvalue weighted by Crippen LogP contribution is 2.17. The normalized spacial score (nSPS) is 17.3. The largest absolute Gasteiger partial charge is 0.389 e. The van der Waals surface area contributed by atoms with E-state index < -0.39 is 10.0 Å². The molecule has 0 spiro atoms. The number of rotatable bonds is 4. The van der Waals surface area contributed by atoms with Crippen LogP contribution in [-0.4, -0.2) is 30.8 Å². The highest BCUT2D eigenvalue weighted by molar-refractivity contribution is 7.88. The second-order valence-corrected chi connectivity index (χ2v) is 7.19. The fourth-order valence-electron chi connectivity index (χ4n) is 2.26. The van der Waals surface area contributed by atoms with Crippen LogP contribution in [0.1, 0.15) is 30.4 Å². The van der Waals surface area contributed by atoms with E-state index in [0.717, 1.165) is 24.8 Å². The lowest BCUT2D eigenvalue weighted by Crippen LogP contribution is -2.36. The molecule has 1 fully saturated rings. The predicted octanol–water partition coefficient (Wildman–Crippen LogP) is 1.64. The molecule has 19 heavy (non-hydrogen) atoms. The number of piperidine rings is 1. The molecule has 0 aliphatic carbocycles. The third-order valence-corrected chi connectivity index (χ3v) is 5.35. The third-order valence-electron chi connectivity index (χ3n) is 3.27. The first kappa shape index (κ1) is 14.4. The Kier molecular flexibility index (Phi) is 4.54. The van der Waals surface area contributed by atoms with Crippen LogP contribution in [-0.2, 0) is 15.8 Å². The summed E-state index contributed by atoms with van der Waals surface area (Å²) in [6.45, 7) is 1.27. The fourth-order valence-corrected chi connectivity index (χ4v) is 3.98. The van der Waals surface area contributed by atoms with Gasteiger partial charge in [0.2, 0.25) is 10.0 Å². The molecule has 2 rings (SSSR count). The summed E-state index contributed by atoms with van der Waals surface area (Å²) >= 11 is 4.91. The lowest BCUT2D eigenvalue weighted by Gasteiger charge is -2.25. The van der Waals surface area contributed by atoms with Crippen LogP contribution in [0.4, 0.5) is 0 Å². The molecule has 0 saturated carbocycles. The van der Waals surface area contributed by atoms with Gasteiger partial charge in [-0.15, -0.1) is 0 Å². The van der Waals surface area contributed by atoms with E-state index in [9.17, 15) is 8.42 Å². The van der Waals surface area contributed by atoms with Gasteiger partial charge in [-0.2, -0.15) is 0 Å². The van der Waals surface area contributed by atoms with Gasteiger partial charge in [0.25, 0.3) is 0 Å². The molecule has 0 amide bonds. The molecule has 0 bridgehead atoms. The van der Waals surface area contributed by atoms with Crippen molar-refractivity contribution in [2.75, 3.05) is 13.1 Å². The predicted molar refractivity (Wildman–Crippen MR) is 80.4 cm³/mol. The van der Waals surface area contributed by atoms with Crippen LogP contribution in [0, 0.1) is 0 Å². The highest BCUT2D eigenvalue weighted by atomic mass is 32.2. The first-order valence-corrected chi connectivity index (χ1v) is 8.37. The van der Waals surface area contributed by atoms with Crippen LogP contribution in [0.5, 0.6) is 0 Å². The van der Waals surface area contributed by atoms with Crippen molar-refractivity contribution in [2.45, 2.75) is 25.0 Å². The summed E-state index contributed by atoms with van der Waals surface area (Å²) in [6.07, 6.45) is 3.02. The van der Waals surface area contributed by atoms with Crippen molar-refractivity contribution in [1.29, 1.82) is 0 Å². The van der Waals surface area contributed by atoms with Gasteiger partial charge in [-0.05, 0) is 24.5 Å². The summed E-state index contributed by atoms with van der Waals surface area (Å²) in [5, 5.41) is 0. The van der Waals surface area contributed by atoms with Crippen molar-refractivity contribution in [3.8, 4) is 0 Å². The van der Waals surface area contributed by atoms with Crippen molar-refractivity contribution in [2.24, 2.45) is 5.73 Å². The van der Waals surface area contributed by atoms with Crippen molar-refractivity contribution in [3.05, 3.63) is 35.4 Å². The quantitative estimate of drug-likeness (QED) is 0.858. The smallest absolute Gasteiger partial charge is 0.218 e. The molecular weight excluding hydrogens is 280 g/mol. The van der Waals surface area contributed by atoms with Crippen LogP contribution < -0.4 is 5.73 Å². The van der Waals surface area contributed by atoms with Gasteiger partial charge in [-0.1, -0.05) is 36.8 Å². The number of hydrogen-bond acceptors (Lipinski definition) is 3. The molecule has 6 heteroatoms. The zero-order valence-corrected chi connectivity index (χ0v) is 12.3. The van der Waals surface area contributed by atoms with Crippen LogP contribution in [0.15, 0.2) is 24.3 Å². The van der Waals surface area contributed by atoms with Gasteiger partial charge in [-0.3, -0.25) is 0 Å². The Morgan fingerprint density at radius 1 is 1.26 bits per heavy atom. The third kappa shape index (κ3) is 3.75. The van der Waals surface area contributed by atoms with E-state index in [1.54, 1.807) is 28.6 Å². The second kappa shape index (κ2) is 5.98. The molecule has 0 atom stereocenters. The monoisotopic (exact) mass is 298 g/mol. The fraction of sp³-hybridized carbons (Fsp3) is 0.462. The average Bonchev–Trinajstić information content (AvgIpc) is 2.39. The summed E-state index contributed by atoms with van der Waals surface area (Å²) in [7, 11) is -3.23. The van der Waals surface area contributed by atoms with E-state index in [1.165, 1.54) is 0 Å². The number of nitrogens with two attached hydrogens (primary N) is 1. The lowest BCUT2D eigenvalue weighted by atomic mass is 10.1. The van der Waals surface area contributed by atoms with Gasteiger partial charge in [0, 0.05) is 18.7 Å². The van der Waals surface area contributed by atoms with Gasteiger partial charge in [0.1, 0.15) is 4.99 Å². The molecular formula is C13H18N2O2S2. The van der Waals surface area contributed by atoms with Crippen molar-refractivity contribution >= 4 is 27.2 Å². The Hall–Kier alpha value is -0.980. The van der Waals surface area contributed by atoms with E-state index >= 15 is 0 Å². The standard InChI is InChI=1S/C13H18N2O2S2/c14-13(18)12-6-4-5-11(9-12)10-19(16,17)15-7-2-1-3-8-15/h4-6,9H,1-3,7-8,10H2,(H2,14,18). The van der Waals surface area contributed by atoms with Crippen LogP contribution >= 0.6 is 12.2 Å². The average molecular weight is 298 g/mol. The molecule has 0 aromatic heterocycles. The number of benzene rings is 1. The zero-order valence-electron chi connectivity index (χ0n) is 10.7. The minimum absolute atomic E-state index is 0.0173. The Labute approximate surface area is 119 Å². The Morgan fingerprint density at radius 3 is 2.58 bits per heavy atom. The summed E-state index contributed by atoms with van der Waals surface area (Å²) < 4.78 is 26.2. The highest BCUT2D eigenvalue weighted by Gasteiger charge is 2.24. The molecule has 4 nitrogen and oxygen atoms in total. The summed E-state index contributed by atoms with van der Waals surface area (Å²) in [5.41, 5.74) is 7.00. The van der Waals surface area contributed by atoms with Crippen molar-refractivity contribution < 1.29 is 8.42 Å². The lowest BCUT2D eigenvalue weighted by molar-refractivity contribution is 0.346. The van der Waals surface area contributed by atoms with Gasteiger partial charge in [0.15, 0.2) is 0 Å². The molecule has 1 saturated heterocycles. The first-order valence-electron chi connectivity index (χ1n) is 6.35. The van der Waals surface area contributed by atoms with Gasteiger partial charge in [-0.25, -0.2) is 12.7 Å². The maximum atomic E-state index is 12.3. The minimum atomic E-state index is -3.23. The van der Waals surface area contributed by atoms with Crippen molar-refractivity contribution in [1.82, 2.24) is 4.31 Å². The first-order chi connectivity index (χ1) is 8.99. The molecule has 104 valence electrons. The van der Waals surface area contributed by atoms with Crippen LogP contribution in [0.3, 0.4) is 0 Å². The molecule has 1 heterocycles. The van der Waals surface area contributed by atoms with E-state index in [4.69, 9.17) is 18.0 Å². The summed E-state index contributed by atoms with van der Waals surface area (Å²) in [6, 6.07) is 7.13. The topological polar surface area (TPSA) is 63.4 Å². The number of nitrogens with zero attached hydrogens (tertiary/aromatic N) is 1. The summed E-state index contributed by atoms with van der Waals surface area (Å²) in [4.78, 5) is 0.289. The molecule has 1 aliphatic rings. The van der Waals surface area contributed by atoms with E-state index in [1.807, 2.05) is 0 Å². The Balaban J connectivity index is 2.15. The van der Waals surface area contributed by atoms with Gasteiger partial charge < -0.3 is 5.73 Å². The Morgan fingerprint density at radius 2 is 1.95 bits per heavy atom. The number of thiocarbonyl (C=S) groups is 1. The molecule has 0 radical (unpaired) electrons. The van der Waals surface area contributed by atoms with Gasteiger partial charge in [0.05, 0.1) is 5.75 Å². The van der Waals surface area contributed by atoms with E-state index in [0.29, 0.717) is 18.7 Å².